The minimum absolute atomic E-state index is 0.0190. The second kappa shape index (κ2) is 8.85. The van der Waals surface area contributed by atoms with Crippen molar-refractivity contribution in [2.75, 3.05) is 24.6 Å². The molecule has 2 aliphatic rings. The predicted octanol–water partition coefficient (Wildman–Crippen LogP) is 3.55. The third-order valence-electron chi connectivity index (χ3n) is 6.34. The van der Waals surface area contributed by atoms with Gasteiger partial charge in [-0.2, -0.15) is 5.26 Å². The number of amides is 1. The Morgan fingerprint density at radius 1 is 1.27 bits per heavy atom. The van der Waals surface area contributed by atoms with Crippen molar-refractivity contribution in [3.63, 3.8) is 0 Å². The lowest BCUT2D eigenvalue weighted by Gasteiger charge is -2.42. The smallest absolute Gasteiger partial charge is 0.225 e. The molecular formula is C24H28N4O2. The second-order valence-corrected chi connectivity index (χ2v) is 8.33. The Morgan fingerprint density at radius 3 is 2.73 bits per heavy atom. The van der Waals surface area contributed by atoms with E-state index >= 15 is 0 Å². The summed E-state index contributed by atoms with van der Waals surface area (Å²) < 4.78 is 5.90. The number of nitrogens with zero attached hydrogens (tertiary/aromatic N) is 4. The Labute approximate surface area is 178 Å². The first-order valence-electron chi connectivity index (χ1n) is 10.7. The number of pyridine rings is 1. The van der Waals surface area contributed by atoms with E-state index in [1.54, 1.807) is 6.20 Å². The lowest BCUT2D eigenvalue weighted by atomic mass is 10.0. The summed E-state index contributed by atoms with van der Waals surface area (Å²) in [5, 5.41) is 9.00. The molecule has 0 radical (unpaired) electrons. The minimum Gasteiger partial charge on any atom is -0.373 e. The maximum Gasteiger partial charge on any atom is 0.225 e. The number of ether oxygens (including phenoxy) is 1. The zero-order valence-electron chi connectivity index (χ0n) is 17.6. The fraction of sp³-hybridized carbons (Fsp3) is 0.458. The maximum atomic E-state index is 12.8. The largest absolute Gasteiger partial charge is 0.373 e. The van der Waals surface area contributed by atoms with E-state index in [1.807, 2.05) is 54.3 Å². The van der Waals surface area contributed by atoms with Crippen molar-refractivity contribution >= 4 is 11.7 Å². The van der Waals surface area contributed by atoms with E-state index in [0.29, 0.717) is 31.1 Å². The number of hydrogen-bond acceptors (Lipinski definition) is 5. The van der Waals surface area contributed by atoms with Crippen LogP contribution in [0.2, 0.25) is 0 Å². The van der Waals surface area contributed by atoms with Crippen molar-refractivity contribution in [1.29, 1.82) is 5.26 Å². The number of anilines is 1. The number of rotatable bonds is 6. The average molecular weight is 405 g/mol. The lowest BCUT2D eigenvalue weighted by Crippen LogP contribution is -2.56. The molecule has 2 aliphatic heterocycles. The summed E-state index contributed by atoms with van der Waals surface area (Å²) in [6, 6.07) is 16.5. The number of carbonyl (C=O) groups excluding carboxylic acids is 1. The summed E-state index contributed by atoms with van der Waals surface area (Å²) in [5.41, 5.74) is 1.69. The first-order chi connectivity index (χ1) is 14.6. The molecular weight excluding hydrogens is 376 g/mol. The second-order valence-electron chi connectivity index (χ2n) is 8.33. The van der Waals surface area contributed by atoms with Crippen molar-refractivity contribution in [1.82, 2.24) is 9.88 Å². The monoisotopic (exact) mass is 404 g/mol. The van der Waals surface area contributed by atoms with Crippen LogP contribution in [0.15, 0.2) is 48.7 Å². The number of benzene rings is 1. The molecule has 0 N–H and O–H groups in total. The molecule has 2 saturated heterocycles. The van der Waals surface area contributed by atoms with Gasteiger partial charge in [-0.1, -0.05) is 37.3 Å². The van der Waals surface area contributed by atoms with Crippen molar-refractivity contribution in [2.24, 2.45) is 5.92 Å². The number of hydrogen-bond donors (Lipinski definition) is 0. The quantitative estimate of drug-likeness (QED) is 0.736. The van der Waals surface area contributed by atoms with Crippen LogP contribution in [0, 0.1) is 17.2 Å². The maximum absolute atomic E-state index is 12.8. The average Bonchev–Trinajstić information content (AvgIpc) is 2.98. The SMILES string of the molecule is C[C@@H](OCCC(=O)N1CC2C[C@H](C)C(C1)N2c1ccc(C#N)cn1)c1ccccc1. The van der Waals surface area contributed by atoms with Gasteiger partial charge < -0.3 is 14.5 Å². The molecule has 2 fully saturated rings. The van der Waals surface area contributed by atoms with Gasteiger partial charge in [-0.3, -0.25) is 4.79 Å². The van der Waals surface area contributed by atoms with Crippen molar-refractivity contribution in [2.45, 2.75) is 44.9 Å². The molecule has 2 unspecified atom stereocenters. The van der Waals surface area contributed by atoms with Crippen LogP contribution >= 0.6 is 0 Å². The van der Waals surface area contributed by atoms with Gasteiger partial charge in [0.25, 0.3) is 0 Å². The fourth-order valence-corrected chi connectivity index (χ4v) is 4.70. The highest BCUT2D eigenvalue weighted by Gasteiger charge is 2.45. The number of aromatic nitrogens is 1. The molecule has 0 saturated carbocycles. The molecule has 30 heavy (non-hydrogen) atoms. The van der Waals surface area contributed by atoms with Crippen LogP contribution < -0.4 is 4.90 Å². The highest BCUT2D eigenvalue weighted by Crippen LogP contribution is 2.37. The topological polar surface area (TPSA) is 69.5 Å². The highest BCUT2D eigenvalue weighted by atomic mass is 16.5. The van der Waals surface area contributed by atoms with Crippen LogP contribution in [0.3, 0.4) is 0 Å². The zero-order valence-corrected chi connectivity index (χ0v) is 17.6. The highest BCUT2D eigenvalue weighted by molar-refractivity contribution is 5.77. The molecule has 6 heteroatoms. The number of nitriles is 1. The van der Waals surface area contributed by atoms with Gasteiger partial charge in [0, 0.05) is 25.3 Å². The number of carbonyl (C=O) groups is 1. The number of piperazine rings is 1. The third-order valence-corrected chi connectivity index (χ3v) is 6.34. The first-order valence-corrected chi connectivity index (χ1v) is 10.7. The normalized spacial score (nSPS) is 23.8. The summed E-state index contributed by atoms with van der Waals surface area (Å²) in [6.07, 6.45) is 3.06. The Morgan fingerprint density at radius 2 is 2.07 bits per heavy atom. The van der Waals surface area contributed by atoms with E-state index < -0.39 is 0 Å². The van der Waals surface area contributed by atoms with Gasteiger partial charge in [0.1, 0.15) is 11.9 Å². The van der Waals surface area contributed by atoms with Crippen molar-refractivity contribution in [3.8, 4) is 6.07 Å². The molecule has 0 spiro atoms. The molecule has 2 aromatic rings. The van der Waals surface area contributed by atoms with Crippen molar-refractivity contribution < 1.29 is 9.53 Å². The summed E-state index contributed by atoms with van der Waals surface area (Å²) in [5.74, 6) is 1.56. The first kappa shape index (κ1) is 20.4. The fourth-order valence-electron chi connectivity index (χ4n) is 4.70. The third kappa shape index (κ3) is 4.17. The minimum atomic E-state index is -0.0190. The van der Waals surface area contributed by atoms with E-state index in [9.17, 15) is 4.79 Å². The zero-order chi connectivity index (χ0) is 21.1. The van der Waals surface area contributed by atoms with E-state index in [4.69, 9.17) is 10.00 Å². The van der Waals surface area contributed by atoms with E-state index in [-0.39, 0.29) is 24.1 Å². The van der Waals surface area contributed by atoms with E-state index in [0.717, 1.165) is 24.3 Å². The molecule has 3 heterocycles. The van der Waals surface area contributed by atoms with Gasteiger partial charge in [0.15, 0.2) is 0 Å². The van der Waals surface area contributed by atoms with Gasteiger partial charge in [-0.15, -0.1) is 0 Å². The van der Waals surface area contributed by atoms with Gasteiger partial charge >= 0.3 is 0 Å². The molecule has 2 bridgehead atoms. The van der Waals surface area contributed by atoms with Crippen molar-refractivity contribution in [3.05, 3.63) is 59.8 Å². The lowest BCUT2D eigenvalue weighted by molar-refractivity contribution is -0.133. The van der Waals surface area contributed by atoms with Crippen LogP contribution in [0.25, 0.3) is 0 Å². The van der Waals surface area contributed by atoms with Crippen LogP contribution in [0.5, 0.6) is 0 Å². The summed E-state index contributed by atoms with van der Waals surface area (Å²) in [7, 11) is 0. The molecule has 6 nitrogen and oxygen atoms in total. The number of likely N-dealkylation sites (tertiary alicyclic amines) is 1. The standard InChI is InChI=1S/C24H28N4O2/c1-17-12-21-15-27(16-22(17)28(21)23-9-8-19(13-25)14-26-23)24(29)10-11-30-18(2)20-6-4-3-5-7-20/h3-9,14,17-18,21-22H,10-12,15-16H2,1-2H3/t17-,18+,21?,22?/m0/s1. The predicted molar refractivity (Wildman–Crippen MR) is 115 cm³/mol. The number of fused-ring (bicyclic) bond motifs is 2. The summed E-state index contributed by atoms with van der Waals surface area (Å²) >= 11 is 0. The van der Waals surface area contributed by atoms with E-state index in [1.165, 1.54) is 0 Å². The summed E-state index contributed by atoms with van der Waals surface area (Å²) in [6.45, 7) is 6.13. The molecule has 1 aromatic carbocycles. The molecule has 156 valence electrons. The van der Waals surface area contributed by atoms with Crippen LogP contribution in [0.4, 0.5) is 5.82 Å². The Bertz CT molecular complexity index is 909. The van der Waals surface area contributed by atoms with Crippen LogP contribution in [-0.4, -0.2) is 47.6 Å². The Balaban J connectivity index is 1.33. The van der Waals surface area contributed by atoms with Crippen LogP contribution in [0.1, 0.15) is 43.9 Å². The Kier molecular flexibility index (Phi) is 6.01. The molecule has 4 atom stereocenters. The van der Waals surface area contributed by atoms with Gasteiger partial charge in [-0.25, -0.2) is 4.98 Å². The molecule has 0 aliphatic carbocycles. The van der Waals surface area contributed by atoms with Gasteiger partial charge in [0.2, 0.25) is 5.91 Å². The molecule has 4 rings (SSSR count). The molecule has 1 amide bonds. The van der Waals surface area contributed by atoms with Gasteiger partial charge in [-0.05, 0) is 37.0 Å². The van der Waals surface area contributed by atoms with E-state index in [2.05, 4.69) is 22.9 Å². The summed E-state index contributed by atoms with van der Waals surface area (Å²) in [4.78, 5) is 21.7. The van der Waals surface area contributed by atoms with Gasteiger partial charge in [0.05, 0.1) is 30.7 Å². The van der Waals surface area contributed by atoms with Crippen LogP contribution in [-0.2, 0) is 9.53 Å². The Hall–Kier alpha value is -2.91. The molecule has 1 aromatic heterocycles.